The Labute approximate surface area is 122 Å². The average Bonchev–Trinajstić information content (AvgIpc) is 2.93. The first-order valence-corrected chi connectivity index (χ1v) is 7.44. The van der Waals surface area contributed by atoms with Crippen LogP contribution in [0.2, 0.25) is 0 Å². The number of hydrogen-bond acceptors (Lipinski definition) is 8. The zero-order valence-corrected chi connectivity index (χ0v) is 12.7. The summed E-state index contributed by atoms with van der Waals surface area (Å²) in [6, 6.07) is 0.0290. The molecule has 0 aromatic carbocycles. The van der Waals surface area contributed by atoms with Gasteiger partial charge in [-0.25, -0.2) is 4.98 Å². The lowest BCUT2D eigenvalue weighted by atomic mass is 10.4. The number of hydrogen-bond donors (Lipinski definition) is 2. The van der Waals surface area contributed by atoms with Crippen LogP contribution < -0.4 is 16.0 Å². The summed E-state index contributed by atoms with van der Waals surface area (Å²) in [5.41, 5.74) is 5.76. The van der Waals surface area contributed by atoms with Crippen molar-refractivity contribution in [1.82, 2.24) is 19.9 Å². The van der Waals surface area contributed by atoms with Crippen molar-refractivity contribution in [3.05, 3.63) is 16.6 Å². The van der Waals surface area contributed by atoms with E-state index in [0.717, 1.165) is 18.1 Å². The summed E-state index contributed by atoms with van der Waals surface area (Å²) < 4.78 is 0. The summed E-state index contributed by atoms with van der Waals surface area (Å²) in [4.78, 5) is 19.0. The molecule has 108 valence electrons. The lowest BCUT2D eigenvalue weighted by molar-refractivity contribution is 0.800. The fraction of sp³-hybridized carbons (Fsp3) is 0.500. The number of anilines is 3. The third-order valence-corrected chi connectivity index (χ3v) is 3.81. The first-order chi connectivity index (χ1) is 9.63. The molecule has 0 amide bonds. The molecule has 2 rings (SSSR count). The summed E-state index contributed by atoms with van der Waals surface area (Å²) in [5, 5.41) is 6.13. The van der Waals surface area contributed by atoms with E-state index in [1.807, 2.05) is 17.2 Å². The van der Waals surface area contributed by atoms with Gasteiger partial charge < -0.3 is 16.0 Å². The molecule has 2 heterocycles. The summed E-state index contributed by atoms with van der Waals surface area (Å²) in [7, 11) is 0. The highest BCUT2D eigenvalue weighted by atomic mass is 32.1. The van der Waals surface area contributed by atoms with E-state index in [2.05, 4.69) is 39.1 Å². The second-order valence-electron chi connectivity index (χ2n) is 4.23. The van der Waals surface area contributed by atoms with Gasteiger partial charge in [-0.1, -0.05) is 0 Å². The van der Waals surface area contributed by atoms with Crippen molar-refractivity contribution in [2.45, 2.75) is 26.8 Å². The predicted octanol–water partition coefficient (Wildman–Crippen LogP) is 1.93. The van der Waals surface area contributed by atoms with E-state index >= 15 is 0 Å². The van der Waals surface area contributed by atoms with E-state index in [-0.39, 0.29) is 12.0 Å². The van der Waals surface area contributed by atoms with Gasteiger partial charge in [-0.2, -0.15) is 15.0 Å². The lowest BCUT2D eigenvalue weighted by Gasteiger charge is -2.19. The van der Waals surface area contributed by atoms with Crippen LogP contribution in [0.4, 0.5) is 17.8 Å². The molecule has 1 atom stereocenters. The molecule has 0 spiro atoms. The quantitative estimate of drug-likeness (QED) is 0.840. The van der Waals surface area contributed by atoms with E-state index in [4.69, 9.17) is 5.73 Å². The van der Waals surface area contributed by atoms with Crippen molar-refractivity contribution in [3.63, 3.8) is 0 Å². The summed E-state index contributed by atoms with van der Waals surface area (Å²) in [5.74, 6) is 1.29. The second kappa shape index (κ2) is 6.47. The van der Waals surface area contributed by atoms with Gasteiger partial charge in [0.1, 0.15) is 5.01 Å². The van der Waals surface area contributed by atoms with Gasteiger partial charge in [0.25, 0.3) is 0 Å². The molecule has 2 aromatic rings. The summed E-state index contributed by atoms with van der Waals surface area (Å²) >= 11 is 1.59. The van der Waals surface area contributed by atoms with Gasteiger partial charge in [-0.05, 0) is 20.8 Å². The molecule has 0 saturated heterocycles. The zero-order valence-electron chi connectivity index (χ0n) is 11.9. The van der Waals surface area contributed by atoms with E-state index in [1.165, 1.54) is 0 Å². The van der Waals surface area contributed by atoms with E-state index < -0.39 is 0 Å². The van der Waals surface area contributed by atoms with E-state index in [0.29, 0.717) is 11.9 Å². The molecule has 3 N–H and O–H groups in total. The molecule has 0 aliphatic rings. The van der Waals surface area contributed by atoms with Crippen molar-refractivity contribution in [1.29, 1.82) is 0 Å². The molecule has 0 radical (unpaired) electrons. The maximum atomic E-state index is 5.76. The average molecular weight is 293 g/mol. The van der Waals surface area contributed by atoms with E-state index in [9.17, 15) is 0 Å². The fourth-order valence-electron chi connectivity index (χ4n) is 1.80. The van der Waals surface area contributed by atoms with Crippen LogP contribution in [-0.2, 0) is 0 Å². The minimum atomic E-state index is 0.0290. The topological polar surface area (TPSA) is 92.9 Å². The van der Waals surface area contributed by atoms with Gasteiger partial charge in [0.15, 0.2) is 0 Å². The minimum absolute atomic E-state index is 0.0290. The largest absolute Gasteiger partial charge is 0.368 e. The highest BCUT2D eigenvalue weighted by molar-refractivity contribution is 7.09. The molecule has 2 aromatic heterocycles. The standard InChI is InChI=1S/C12H19N7S/c1-4-19(5-2)12-17-10(13)16-11(18-12)15-8(3)9-14-6-7-20-9/h6-8H,4-5H2,1-3H3,(H3,13,15,16,17,18). The molecule has 0 bridgehead atoms. The number of nitrogens with one attached hydrogen (secondary N) is 1. The highest BCUT2D eigenvalue weighted by Gasteiger charge is 2.13. The van der Waals surface area contributed by atoms with Crippen LogP contribution in [-0.4, -0.2) is 33.0 Å². The fourth-order valence-corrected chi connectivity index (χ4v) is 2.44. The smallest absolute Gasteiger partial charge is 0.231 e. The third-order valence-electron chi connectivity index (χ3n) is 2.85. The van der Waals surface area contributed by atoms with Crippen molar-refractivity contribution in [3.8, 4) is 0 Å². The molecule has 0 saturated carbocycles. The van der Waals surface area contributed by atoms with Crippen LogP contribution in [0.1, 0.15) is 31.8 Å². The summed E-state index contributed by atoms with van der Waals surface area (Å²) in [6.07, 6.45) is 1.78. The first-order valence-electron chi connectivity index (χ1n) is 6.56. The SMILES string of the molecule is CCN(CC)c1nc(N)nc(NC(C)c2nccs2)n1. The Morgan fingerprint density at radius 2 is 2.05 bits per heavy atom. The van der Waals surface area contributed by atoms with Gasteiger partial charge in [0, 0.05) is 24.7 Å². The molecule has 1 unspecified atom stereocenters. The molecule has 0 aliphatic carbocycles. The molecule has 0 aliphatic heterocycles. The van der Waals surface area contributed by atoms with Crippen LogP contribution >= 0.6 is 11.3 Å². The first kappa shape index (κ1) is 14.4. The Hall–Kier alpha value is -1.96. The Balaban J connectivity index is 2.19. The molecule has 0 fully saturated rings. The van der Waals surface area contributed by atoms with Crippen LogP contribution in [0.3, 0.4) is 0 Å². The molecule has 7 nitrogen and oxygen atoms in total. The highest BCUT2D eigenvalue weighted by Crippen LogP contribution is 2.20. The van der Waals surface area contributed by atoms with E-state index in [1.54, 1.807) is 17.5 Å². The number of rotatable bonds is 6. The number of aromatic nitrogens is 4. The lowest BCUT2D eigenvalue weighted by Crippen LogP contribution is -2.25. The van der Waals surface area contributed by atoms with Gasteiger partial charge >= 0.3 is 0 Å². The number of nitrogens with two attached hydrogens (primary N) is 1. The van der Waals surface area contributed by atoms with Gasteiger partial charge in [0.05, 0.1) is 6.04 Å². The number of nitrogens with zero attached hydrogens (tertiary/aromatic N) is 5. The van der Waals surface area contributed by atoms with Crippen molar-refractivity contribution < 1.29 is 0 Å². The van der Waals surface area contributed by atoms with Crippen LogP contribution in [0.15, 0.2) is 11.6 Å². The third kappa shape index (κ3) is 3.32. The second-order valence-corrected chi connectivity index (χ2v) is 5.15. The monoisotopic (exact) mass is 293 g/mol. The molecular weight excluding hydrogens is 274 g/mol. The molecule has 20 heavy (non-hydrogen) atoms. The molecule has 8 heteroatoms. The number of nitrogen functional groups attached to an aromatic ring is 1. The van der Waals surface area contributed by atoms with Gasteiger partial charge in [-0.15, -0.1) is 11.3 Å². The zero-order chi connectivity index (χ0) is 14.5. The summed E-state index contributed by atoms with van der Waals surface area (Å²) in [6.45, 7) is 7.75. The Morgan fingerprint density at radius 1 is 1.30 bits per heavy atom. The van der Waals surface area contributed by atoms with Crippen molar-refractivity contribution in [2.75, 3.05) is 29.0 Å². The number of thiazole rings is 1. The minimum Gasteiger partial charge on any atom is -0.368 e. The predicted molar refractivity (Wildman–Crippen MR) is 82.0 cm³/mol. The van der Waals surface area contributed by atoms with Gasteiger partial charge in [-0.3, -0.25) is 0 Å². The van der Waals surface area contributed by atoms with Crippen LogP contribution in [0.25, 0.3) is 0 Å². The Kier molecular flexibility index (Phi) is 4.67. The Morgan fingerprint density at radius 3 is 2.65 bits per heavy atom. The maximum Gasteiger partial charge on any atom is 0.231 e. The van der Waals surface area contributed by atoms with Crippen LogP contribution in [0.5, 0.6) is 0 Å². The van der Waals surface area contributed by atoms with Crippen molar-refractivity contribution in [2.24, 2.45) is 0 Å². The molecular formula is C12H19N7S. The maximum absolute atomic E-state index is 5.76. The Bertz CT molecular complexity index is 539. The van der Waals surface area contributed by atoms with Crippen LogP contribution in [0, 0.1) is 0 Å². The van der Waals surface area contributed by atoms with Gasteiger partial charge in [0.2, 0.25) is 17.8 Å². The normalized spacial score (nSPS) is 12.2. The van der Waals surface area contributed by atoms with Crippen molar-refractivity contribution >= 4 is 29.2 Å².